The Hall–Kier alpha value is -3.13. The topological polar surface area (TPSA) is 87.5 Å². The van der Waals surface area contributed by atoms with Crippen LogP contribution in [0.25, 0.3) is 11.3 Å². The smallest absolute Gasteiger partial charge is 0.289 e. The quantitative estimate of drug-likeness (QED) is 0.742. The summed E-state index contributed by atoms with van der Waals surface area (Å²) in [6.45, 7) is 3.60. The molecule has 3 aromatic rings. The predicted octanol–water partition coefficient (Wildman–Crippen LogP) is 2.03. The molecular weight excluding hydrogens is 346 g/mol. The summed E-state index contributed by atoms with van der Waals surface area (Å²) < 4.78 is 11.1. The fraction of sp³-hybridized carbons (Fsp3) is 0.316. The predicted molar refractivity (Wildman–Crippen MR) is 98.3 cm³/mol. The van der Waals surface area contributed by atoms with Crippen molar-refractivity contribution in [3.63, 3.8) is 0 Å². The van der Waals surface area contributed by atoms with Crippen LogP contribution < -0.4 is 4.74 Å². The van der Waals surface area contributed by atoms with Gasteiger partial charge in [-0.3, -0.25) is 14.8 Å². The van der Waals surface area contributed by atoms with Gasteiger partial charge in [-0.25, -0.2) is 4.98 Å². The number of hydrogen-bond acceptors (Lipinski definition) is 6. The van der Waals surface area contributed by atoms with Crippen LogP contribution in [0.3, 0.4) is 0 Å². The lowest BCUT2D eigenvalue weighted by Crippen LogP contribution is -2.48. The Morgan fingerprint density at radius 1 is 1.22 bits per heavy atom. The summed E-state index contributed by atoms with van der Waals surface area (Å²) in [5.74, 6) is 2.52. The Kier molecular flexibility index (Phi) is 4.88. The second kappa shape index (κ2) is 7.63. The molecule has 0 aliphatic carbocycles. The molecule has 1 fully saturated rings. The van der Waals surface area contributed by atoms with Gasteiger partial charge >= 0.3 is 0 Å². The number of aromatic nitrogens is 3. The highest BCUT2D eigenvalue weighted by molar-refractivity contribution is 5.92. The molecular formula is C19H21N5O3. The maximum absolute atomic E-state index is 12.8. The summed E-state index contributed by atoms with van der Waals surface area (Å²) in [7, 11) is 1.62. The van der Waals surface area contributed by atoms with Crippen molar-refractivity contribution in [2.45, 2.75) is 6.54 Å². The fourth-order valence-electron chi connectivity index (χ4n) is 3.17. The molecule has 1 aliphatic rings. The monoisotopic (exact) mass is 367 g/mol. The van der Waals surface area contributed by atoms with Crippen molar-refractivity contribution >= 4 is 5.91 Å². The third kappa shape index (κ3) is 3.85. The van der Waals surface area contributed by atoms with Crippen LogP contribution in [0.5, 0.6) is 5.75 Å². The molecule has 8 nitrogen and oxygen atoms in total. The van der Waals surface area contributed by atoms with E-state index in [1.54, 1.807) is 13.2 Å². The molecule has 4 rings (SSSR count). The van der Waals surface area contributed by atoms with Gasteiger partial charge in [0.1, 0.15) is 23.7 Å². The van der Waals surface area contributed by atoms with Crippen molar-refractivity contribution in [1.82, 2.24) is 25.0 Å². The molecule has 1 saturated heterocycles. The minimum absolute atomic E-state index is 0.0801. The van der Waals surface area contributed by atoms with Crippen molar-refractivity contribution in [1.29, 1.82) is 0 Å². The molecule has 8 heteroatoms. The molecule has 0 spiro atoms. The average Bonchev–Trinajstić information content (AvgIpc) is 3.40. The second-order valence-electron chi connectivity index (χ2n) is 6.40. The Bertz CT molecular complexity index is 898. The van der Waals surface area contributed by atoms with Crippen LogP contribution in [-0.4, -0.2) is 64.2 Å². The largest absolute Gasteiger partial charge is 0.497 e. The van der Waals surface area contributed by atoms with E-state index in [0.29, 0.717) is 31.2 Å². The van der Waals surface area contributed by atoms with Crippen LogP contribution in [0.2, 0.25) is 0 Å². The summed E-state index contributed by atoms with van der Waals surface area (Å²) in [5.41, 5.74) is 0.880. The first-order valence-corrected chi connectivity index (χ1v) is 8.83. The highest BCUT2D eigenvalue weighted by atomic mass is 16.5. The number of benzene rings is 1. The zero-order chi connectivity index (χ0) is 18.6. The molecule has 1 amide bonds. The van der Waals surface area contributed by atoms with Gasteiger partial charge in [-0.15, -0.1) is 0 Å². The van der Waals surface area contributed by atoms with E-state index in [2.05, 4.69) is 20.1 Å². The summed E-state index contributed by atoms with van der Waals surface area (Å²) in [6, 6.07) is 11.1. The maximum atomic E-state index is 12.8. The number of carbonyl (C=O) groups excluding carboxylic acids is 1. The number of nitrogens with one attached hydrogen (secondary N) is 1. The molecule has 1 N–H and O–H groups in total. The lowest BCUT2D eigenvalue weighted by Gasteiger charge is -2.33. The van der Waals surface area contributed by atoms with E-state index < -0.39 is 0 Å². The number of aromatic amines is 1. The number of piperazine rings is 1. The summed E-state index contributed by atoms with van der Waals surface area (Å²) in [6.07, 6.45) is 1.51. The van der Waals surface area contributed by atoms with E-state index >= 15 is 0 Å². The average molecular weight is 367 g/mol. The summed E-state index contributed by atoms with van der Waals surface area (Å²) in [4.78, 5) is 21.0. The first kappa shape index (κ1) is 17.3. The normalized spacial score (nSPS) is 15.1. The van der Waals surface area contributed by atoms with Gasteiger partial charge in [0.2, 0.25) is 0 Å². The highest BCUT2D eigenvalue weighted by Gasteiger charge is 2.24. The van der Waals surface area contributed by atoms with Gasteiger partial charge in [0.15, 0.2) is 5.76 Å². The lowest BCUT2D eigenvalue weighted by atomic mass is 10.1. The van der Waals surface area contributed by atoms with Crippen molar-refractivity contribution < 1.29 is 13.9 Å². The second-order valence-corrected chi connectivity index (χ2v) is 6.40. The molecule has 0 bridgehead atoms. The fourth-order valence-corrected chi connectivity index (χ4v) is 3.17. The zero-order valence-electron chi connectivity index (χ0n) is 15.1. The van der Waals surface area contributed by atoms with Gasteiger partial charge in [-0.1, -0.05) is 12.1 Å². The molecule has 27 heavy (non-hydrogen) atoms. The van der Waals surface area contributed by atoms with Crippen LogP contribution >= 0.6 is 0 Å². The van der Waals surface area contributed by atoms with Gasteiger partial charge in [0.25, 0.3) is 5.91 Å². The third-order valence-electron chi connectivity index (χ3n) is 4.67. The Morgan fingerprint density at radius 3 is 2.81 bits per heavy atom. The zero-order valence-corrected chi connectivity index (χ0v) is 15.1. The van der Waals surface area contributed by atoms with Crippen LogP contribution in [0.1, 0.15) is 16.4 Å². The molecule has 140 valence electrons. The van der Waals surface area contributed by atoms with Gasteiger partial charge < -0.3 is 14.1 Å². The van der Waals surface area contributed by atoms with E-state index in [0.717, 1.165) is 30.2 Å². The number of H-pyrrole nitrogens is 1. The molecule has 0 atom stereocenters. The summed E-state index contributed by atoms with van der Waals surface area (Å²) >= 11 is 0. The Labute approximate surface area is 156 Å². The van der Waals surface area contributed by atoms with Gasteiger partial charge in [-0.05, 0) is 24.3 Å². The van der Waals surface area contributed by atoms with Crippen LogP contribution in [0, 0.1) is 0 Å². The van der Waals surface area contributed by atoms with E-state index in [4.69, 9.17) is 9.15 Å². The van der Waals surface area contributed by atoms with Crippen molar-refractivity contribution in [3.8, 4) is 17.1 Å². The van der Waals surface area contributed by atoms with Crippen molar-refractivity contribution in [3.05, 3.63) is 54.3 Å². The number of ether oxygens (including phenoxy) is 1. The van der Waals surface area contributed by atoms with Crippen LogP contribution in [-0.2, 0) is 6.54 Å². The van der Waals surface area contributed by atoms with E-state index in [1.165, 1.54) is 6.33 Å². The first-order valence-electron chi connectivity index (χ1n) is 8.83. The number of amides is 1. The number of carbonyl (C=O) groups is 1. The van der Waals surface area contributed by atoms with E-state index in [9.17, 15) is 4.79 Å². The Balaban J connectivity index is 1.38. The summed E-state index contributed by atoms with van der Waals surface area (Å²) in [5, 5.41) is 6.72. The number of hydrogen-bond donors (Lipinski definition) is 1. The van der Waals surface area contributed by atoms with Crippen molar-refractivity contribution in [2.75, 3.05) is 33.3 Å². The van der Waals surface area contributed by atoms with E-state index in [1.807, 2.05) is 35.2 Å². The minimum Gasteiger partial charge on any atom is -0.497 e. The number of rotatable bonds is 5. The molecule has 0 radical (unpaired) electrons. The van der Waals surface area contributed by atoms with Gasteiger partial charge in [0.05, 0.1) is 13.7 Å². The maximum Gasteiger partial charge on any atom is 0.289 e. The number of methoxy groups -OCH3 is 1. The third-order valence-corrected chi connectivity index (χ3v) is 4.67. The van der Waals surface area contributed by atoms with Crippen LogP contribution in [0.4, 0.5) is 0 Å². The number of nitrogens with zero attached hydrogens (tertiary/aromatic N) is 4. The van der Waals surface area contributed by atoms with Crippen molar-refractivity contribution in [2.24, 2.45) is 0 Å². The first-order chi connectivity index (χ1) is 13.2. The molecule has 0 unspecified atom stereocenters. The lowest BCUT2D eigenvalue weighted by molar-refractivity contribution is 0.0596. The van der Waals surface area contributed by atoms with Crippen LogP contribution in [0.15, 0.2) is 47.1 Å². The molecule has 3 heterocycles. The highest BCUT2D eigenvalue weighted by Crippen LogP contribution is 2.26. The molecule has 2 aromatic heterocycles. The van der Waals surface area contributed by atoms with Gasteiger partial charge in [-0.2, -0.15) is 5.10 Å². The van der Waals surface area contributed by atoms with E-state index in [-0.39, 0.29) is 5.91 Å². The standard InChI is InChI=1S/C19H21N5O3/c1-26-15-4-2-3-14(11-15)16-5-6-17(27-16)19(25)24-9-7-23(8-10-24)12-18-20-13-21-22-18/h2-6,11,13H,7-10,12H2,1H3,(H,20,21,22). The molecule has 1 aromatic carbocycles. The number of furan rings is 1. The molecule has 0 saturated carbocycles. The SMILES string of the molecule is COc1cccc(-c2ccc(C(=O)N3CCN(Cc4ncn[nH]4)CC3)o2)c1. The Morgan fingerprint density at radius 2 is 2.07 bits per heavy atom. The van der Waals surface area contributed by atoms with Gasteiger partial charge in [0, 0.05) is 31.7 Å². The minimum atomic E-state index is -0.0801. The molecule has 1 aliphatic heterocycles.